The molecule has 19 heavy (non-hydrogen) atoms. The van der Waals surface area contributed by atoms with Crippen molar-refractivity contribution in [3.05, 3.63) is 35.4 Å². The Hall–Kier alpha value is -0.860. The third-order valence-electron chi connectivity index (χ3n) is 4.37. The second-order valence-corrected chi connectivity index (χ2v) is 6.08. The molecule has 0 bridgehead atoms. The highest BCUT2D eigenvalue weighted by Gasteiger charge is 2.19. The number of hydrogen-bond donors (Lipinski definition) is 1. The largest absolute Gasteiger partial charge is 0.314 e. The number of nitrogens with zero attached hydrogens (tertiary/aromatic N) is 1. The molecule has 1 aromatic rings. The molecule has 104 valence electrons. The molecule has 0 amide bonds. The Morgan fingerprint density at radius 2 is 1.89 bits per heavy atom. The van der Waals surface area contributed by atoms with Crippen LogP contribution in [0.25, 0.3) is 0 Å². The molecule has 2 nitrogen and oxygen atoms in total. The fourth-order valence-electron chi connectivity index (χ4n) is 2.98. The molecule has 0 atom stereocenters. The molecule has 2 heteroatoms. The maximum absolute atomic E-state index is 3.59. The van der Waals surface area contributed by atoms with Crippen LogP contribution in [0.2, 0.25) is 0 Å². The van der Waals surface area contributed by atoms with E-state index in [2.05, 4.69) is 34.5 Å². The average molecular weight is 258 g/mol. The fraction of sp³-hybridized carbons (Fsp3) is 0.647. The summed E-state index contributed by atoms with van der Waals surface area (Å²) in [6, 6.07) is 9.79. The van der Waals surface area contributed by atoms with Gasteiger partial charge in [0, 0.05) is 19.1 Å². The molecule has 0 radical (unpaired) electrons. The smallest absolute Gasteiger partial charge is 0.0236 e. The summed E-state index contributed by atoms with van der Waals surface area (Å²) in [6.07, 6.45) is 8.13. The normalized spacial score (nSPS) is 19.4. The van der Waals surface area contributed by atoms with Crippen molar-refractivity contribution in [1.29, 1.82) is 0 Å². The zero-order valence-corrected chi connectivity index (χ0v) is 11.9. The van der Waals surface area contributed by atoms with E-state index < -0.39 is 0 Å². The molecule has 0 saturated heterocycles. The van der Waals surface area contributed by atoms with Crippen LogP contribution in [-0.2, 0) is 13.0 Å². The van der Waals surface area contributed by atoms with Crippen molar-refractivity contribution >= 4 is 0 Å². The summed E-state index contributed by atoms with van der Waals surface area (Å²) in [5.74, 6) is 0. The van der Waals surface area contributed by atoms with E-state index in [-0.39, 0.29) is 0 Å². The first-order chi connectivity index (χ1) is 9.42. The second-order valence-electron chi connectivity index (χ2n) is 6.08. The Labute approximate surface area is 117 Å². The lowest BCUT2D eigenvalue weighted by Gasteiger charge is -2.28. The van der Waals surface area contributed by atoms with E-state index >= 15 is 0 Å². The number of benzene rings is 1. The van der Waals surface area contributed by atoms with Crippen molar-refractivity contribution in [2.45, 2.75) is 51.1 Å². The highest BCUT2D eigenvalue weighted by molar-refractivity contribution is 5.28. The summed E-state index contributed by atoms with van der Waals surface area (Å²) in [4.78, 5) is 2.62. The Morgan fingerprint density at radius 1 is 1.05 bits per heavy atom. The van der Waals surface area contributed by atoms with Crippen LogP contribution < -0.4 is 5.32 Å². The molecular weight excluding hydrogens is 232 g/mol. The van der Waals surface area contributed by atoms with Crippen LogP contribution in [0.5, 0.6) is 0 Å². The summed E-state index contributed by atoms with van der Waals surface area (Å²) >= 11 is 0. The second kappa shape index (κ2) is 6.53. The molecule has 1 aromatic carbocycles. The third kappa shape index (κ3) is 4.05. The van der Waals surface area contributed by atoms with Gasteiger partial charge in [-0.05, 0) is 56.3 Å². The van der Waals surface area contributed by atoms with Gasteiger partial charge >= 0.3 is 0 Å². The predicted octanol–water partition coefficient (Wildman–Crippen LogP) is 2.97. The predicted molar refractivity (Wildman–Crippen MR) is 80.3 cm³/mol. The van der Waals surface area contributed by atoms with Gasteiger partial charge in [-0.25, -0.2) is 0 Å². The SMILES string of the molecule is c1ccc2c(c1)CCN(CCCCCNC1CC1)C2. The molecule has 0 unspecified atom stereocenters. The molecule has 0 spiro atoms. The van der Waals surface area contributed by atoms with E-state index in [0.717, 1.165) is 12.6 Å². The number of unbranched alkanes of at least 4 members (excludes halogenated alkanes) is 2. The molecule has 0 aromatic heterocycles. The van der Waals surface area contributed by atoms with Crippen LogP contribution >= 0.6 is 0 Å². The summed E-state index contributed by atoms with van der Waals surface area (Å²) < 4.78 is 0. The van der Waals surface area contributed by atoms with Gasteiger partial charge in [-0.1, -0.05) is 30.7 Å². The van der Waals surface area contributed by atoms with E-state index in [0.29, 0.717) is 0 Å². The van der Waals surface area contributed by atoms with E-state index in [9.17, 15) is 0 Å². The van der Waals surface area contributed by atoms with Gasteiger partial charge in [0.15, 0.2) is 0 Å². The lowest BCUT2D eigenvalue weighted by atomic mass is 10.00. The summed E-state index contributed by atoms with van der Waals surface area (Å²) in [7, 11) is 0. The van der Waals surface area contributed by atoms with E-state index in [1.165, 1.54) is 58.2 Å². The maximum atomic E-state index is 3.59. The minimum Gasteiger partial charge on any atom is -0.314 e. The molecule has 1 fully saturated rings. The molecule has 1 aliphatic carbocycles. The minimum absolute atomic E-state index is 0.874. The first-order valence-corrected chi connectivity index (χ1v) is 7.94. The Morgan fingerprint density at radius 3 is 2.74 bits per heavy atom. The van der Waals surface area contributed by atoms with E-state index in [1.807, 2.05) is 0 Å². The van der Waals surface area contributed by atoms with Gasteiger partial charge in [-0.3, -0.25) is 4.90 Å². The number of rotatable bonds is 7. The van der Waals surface area contributed by atoms with Crippen molar-refractivity contribution in [3.8, 4) is 0 Å². The standard InChI is InChI=1S/C17H26N2/c1(4-11-18-17-8-9-17)5-12-19-13-10-15-6-2-3-7-16(15)14-19/h2-3,6-7,17-18H,1,4-5,8-14H2. The Bertz CT molecular complexity index is 398. The highest BCUT2D eigenvalue weighted by atomic mass is 15.1. The van der Waals surface area contributed by atoms with Crippen molar-refractivity contribution in [2.24, 2.45) is 0 Å². The van der Waals surface area contributed by atoms with Crippen molar-refractivity contribution in [1.82, 2.24) is 10.2 Å². The van der Waals surface area contributed by atoms with Gasteiger partial charge in [-0.15, -0.1) is 0 Å². The van der Waals surface area contributed by atoms with Crippen molar-refractivity contribution in [3.63, 3.8) is 0 Å². The van der Waals surface area contributed by atoms with Crippen LogP contribution in [0.1, 0.15) is 43.2 Å². The first kappa shape index (κ1) is 13.1. The quantitative estimate of drug-likeness (QED) is 0.756. The molecular formula is C17H26N2. The molecule has 2 aliphatic rings. The van der Waals surface area contributed by atoms with Gasteiger partial charge in [0.2, 0.25) is 0 Å². The molecule has 1 heterocycles. The van der Waals surface area contributed by atoms with Crippen molar-refractivity contribution < 1.29 is 0 Å². The first-order valence-electron chi connectivity index (χ1n) is 7.94. The zero-order chi connectivity index (χ0) is 12.9. The van der Waals surface area contributed by atoms with Gasteiger partial charge in [0.1, 0.15) is 0 Å². The summed E-state index contributed by atoms with van der Waals surface area (Å²) in [5, 5.41) is 3.59. The monoisotopic (exact) mass is 258 g/mol. The Kier molecular flexibility index (Phi) is 4.52. The minimum atomic E-state index is 0.874. The van der Waals surface area contributed by atoms with Gasteiger partial charge in [0.25, 0.3) is 0 Å². The molecule has 1 saturated carbocycles. The van der Waals surface area contributed by atoms with Crippen LogP contribution in [0.3, 0.4) is 0 Å². The van der Waals surface area contributed by atoms with Crippen molar-refractivity contribution in [2.75, 3.05) is 19.6 Å². The molecule has 3 rings (SSSR count). The van der Waals surface area contributed by atoms with Crippen LogP contribution in [0, 0.1) is 0 Å². The van der Waals surface area contributed by atoms with E-state index in [1.54, 1.807) is 11.1 Å². The van der Waals surface area contributed by atoms with Gasteiger partial charge in [0.05, 0.1) is 0 Å². The van der Waals surface area contributed by atoms with E-state index in [4.69, 9.17) is 0 Å². The lowest BCUT2D eigenvalue weighted by Crippen LogP contribution is -2.31. The number of hydrogen-bond acceptors (Lipinski definition) is 2. The van der Waals surface area contributed by atoms with Gasteiger partial charge in [-0.2, -0.15) is 0 Å². The fourth-order valence-corrected chi connectivity index (χ4v) is 2.98. The van der Waals surface area contributed by atoms with Gasteiger partial charge < -0.3 is 5.32 Å². The average Bonchev–Trinajstić information content (AvgIpc) is 3.27. The maximum Gasteiger partial charge on any atom is 0.0236 e. The topological polar surface area (TPSA) is 15.3 Å². The van der Waals surface area contributed by atoms with Crippen LogP contribution in [-0.4, -0.2) is 30.6 Å². The highest BCUT2D eigenvalue weighted by Crippen LogP contribution is 2.19. The number of fused-ring (bicyclic) bond motifs is 1. The summed E-state index contributed by atoms with van der Waals surface area (Å²) in [5.41, 5.74) is 3.11. The third-order valence-corrected chi connectivity index (χ3v) is 4.37. The number of nitrogens with one attached hydrogen (secondary N) is 1. The van der Waals surface area contributed by atoms with Crippen LogP contribution in [0.15, 0.2) is 24.3 Å². The Balaban J connectivity index is 1.31. The van der Waals surface area contributed by atoms with Crippen LogP contribution in [0.4, 0.5) is 0 Å². The lowest BCUT2D eigenvalue weighted by molar-refractivity contribution is 0.248. The molecule has 1 N–H and O–H groups in total. The summed E-state index contributed by atoms with van der Waals surface area (Å²) in [6.45, 7) is 4.92. The molecule has 1 aliphatic heterocycles. The zero-order valence-electron chi connectivity index (χ0n) is 11.9.